The molecule has 2 heterocycles. The van der Waals surface area contributed by atoms with Gasteiger partial charge in [0.25, 0.3) is 0 Å². The molecule has 2 aliphatic rings. The van der Waals surface area contributed by atoms with Crippen LogP contribution in [0.1, 0.15) is 18.4 Å². The Hall–Kier alpha value is -2.56. The van der Waals surface area contributed by atoms with E-state index in [2.05, 4.69) is 6.07 Å². The van der Waals surface area contributed by atoms with Gasteiger partial charge in [-0.05, 0) is 47.4 Å². The first-order valence-corrected chi connectivity index (χ1v) is 9.02. The lowest BCUT2D eigenvalue weighted by atomic mass is 9.99. The Balaban J connectivity index is 1.49. The highest BCUT2D eigenvalue weighted by atomic mass is 19.1. The Kier molecular flexibility index (Phi) is 4.53. The number of hydrogen-bond donors (Lipinski definition) is 0. The van der Waals surface area contributed by atoms with Gasteiger partial charge in [0.05, 0.1) is 13.2 Å². The van der Waals surface area contributed by atoms with Crippen LogP contribution in [0.4, 0.5) is 4.39 Å². The molecule has 0 saturated carbocycles. The highest BCUT2D eigenvalue weighted by molar-refractivity contribution is 5.76. The molecule has 2 aliphatic heterocycles. The van der Waals surface area contributed by atoms with Crippen LogP contribution in [0.3, 0.4) is 0 Å². The van der Waals surface area contributed by atoms with Crippen molar-refractivity contribution < 1.29 is 18.7 Å². The zero-order valence-electron chi connectivity index (χ0n) is 14.8. The number of carbonyl (C=O) groups excluding carboxylic acids is 1. The molecule has 1 unspecified atom stereocenters. The number of amides is 1. The second kappa shape index (κ2) is 6.98. The molecule has 4 nitrogen and oxygen atoms in total. The summed E-state index contributed by atoms with van der Waals surface area (Å²) in [5.41, 5.74) is 2.91. The van der Waals surface area contributed by atoms with Crippen molar-refractivity contribution in [3.8, 4) is 22.6 Å². The molecule has 1 atom stereocenters. The lowest BCUT2D eigenvalue weighted by Crippen LogP contribution is -2.38. The number of ether oxygens (including phenoxy) is 2. The molecule has 2 aromatic rings. The van der Waals surface area contributed by atoms with Crippen LogP contribution in [-0.2, 0) is 11.2 Å². The van der Waals surface area contributed by atoms with Crippen molar-refractivity contribution in [2.75, 3.05) is 26.8 Å². The van der Waals surface area contributed by atoms with Crippen LogP contribution in [-0.4, -0.2) is 37.6 Å². The smallest absolute Gasteiger partial charge is 0.222 e. The number of halogens is 1. The molecule has 0 radical (unpaired) electrons. The molecule has 0 aromatic heterocycles. The minimum Gasteiger partial charge on any atom is -0.493 e. The van der Waals surface area contributed by atoms with Gasteiger partial charge in [-0.25, -0.2) is 4.39 Å². The number of hydrogen-bond acceptors (Lipinski definition) is 3. The lowest BCUT2D eigenvalue weighted by molar-refractivity contribution is -0.133. The van der Waals surface area contributed by atoms with Crippen molar-refractivity contribution in [2.24, 2.45) is 5.92 Å². The summed E-state index contributed by atoms with van der Waals surface area (Å²) >= 11 is 0. The van der Waals surface area contributed by atoms with E-state index in [0.717, 1.165) is 35.3 Å². The van der Waals surface area contributed by atoms with Crippen molar-refractivity contribution >= 4 is 5.91 Å². The highest BCUT2D eigenvalue weighted by Gasteiger charge is 2.23. The van der Waals surface area contributed by atoms with E-state index < -0.39 is 0 Å². The van der Waals surface area contributed by atoms with Gasteiger partial charge in [-0.3, -0.25) is 4.79 Å². The largest absolute Gasteiger partial charge is 0.493 e. The number of benzene rings is 2. The predicted molar refractivity (Wildman–Crippen MR) is 96.9 cm³/mol. The third kappa shape index (κ3) is 3.52. The molecule has 2 aromatic carbocycles. The first-order valence-electron chi connectivity index (χ1n) is 9.02. The Morgan fingerprint density at radius 3 is 2.92 bits per heavy atom. The summed E-state index contributed by atoms with van der Waals surface area (Å²) in [6, 6.07) is 10.8. The molecule has 0 aliphatic carbocycles. The topological polar surface area (TPSA) is 38.8 Å². The number of likely N-dealkylation sites (tertiary alicyclic amines) is 1. The second-order valence-corrected chi connectivity index (χ2v) is 7.09. The van der Waals surface area contributed by atoms with Crippen LogP contribution in [0, 0.1) is 11.7 Å². The molecular formula is C21H22FNO3. The molecule has 5 heteroatoms. The van der Waals surface area contributed by atoms with Crippen LogP contribution in [0.5, 0.6) is 11.5 Å². The fourth-order valence-corrected chi connectivity index (χ4v) is 3.63. The molecule has 0 spiro atoms. The van der Waals surface area contributed by atoms with E-state index in [4.69, 9.17) is 9.47 Å². The van der Waals surface area contributed by atoms with Crippen LogP contribution in [0.2, 0.25) is 0 Å². The Bertz CT molecular complexity index is 836. The lowest BCUT2D eigenvalue weighted by Gasteiger charge is -2.29. The van der Waals surface area contributed by atoms with Gasteiger partial charge < -0.3 is 14.4 Å². The average Bonchev–Trinajstić information content (AvgIpc) is 3.10. The summed E-state index contributed by atoms with van der Waals surface area (Å²) in [6.07, 6.45) is 2.25. The van der Waals surface area contributed by atoms with Gasteiger partial charge >= 0.3 is 0 Å². The van der Waals surface area contributed by atoms with Gasteiger partial charge in [0.15, 0.2) is 0 Å². The Morgan fingerprint density at radius 1 is 1.19 bits per heavy atom. The fourth-order valence-electron chi connectivity index (χ4n) is 3.63. The van der Waals surface area contributed by atoms with Gasteiger partial charge in [0.1, 0.15) is 17.3 Å². The Morgan fingerprint density at radius 2 is 2.08 bits per heavy atom. The summed E-state index contributed by atoms with van der Waals surface area (Å²) in [6.45, 7) is 1.87. The van der Waals surface area contributed by atoms with Gasteiger partial charge in [0.2, 0.25) is 5.91 Å². The van der Waals surface area contributed by atoms with Crippen molar-refractivity contribution in [2.45, 2.75) is 19.3 Å². The van der Waals surface area contributed by atoms with E-state index in [1.54, 1.807) is 4.90 Å². The highest BCUT2D eigenvalue weighted by Crippen LogP contribution is 2.32. The zero-order chi connectivity index (χ0) is 18.1. The standard InChI is InChI=1S/C21H22FNO3/c1-23-12-14(2-5-21(23)24)13-26-19-10-17(9-18(22)11-19)15-3-4-20-16(8-15)6-7-25-20/h3-4,8-11,14H,2,5-7,12-13H2,1H3. The van der Waals surface area contributed by atoms with Gasteiger partial charge in [-0.2, -0.15) is 0 Å². The first kappa shape index (κ1) is 16.9. The van der Waals surface area contributed by atoms with Crippen molar-refractivity contribution in [1.82, 2.24) is 4.90 Å². The normalized spacial score (nSPS) is 19.2. The fraction of sp³-hybridized carbons (Fsp3) is 0.381. The molecule has 1 amide bonds. The van der Waals surface area contributed by atoms with E-state index in [1.807, 2.05) is 25.2 Å². The average molecular weight is 355 g/mol. The van der Waals surface area contributed by atoms with Crippen molar-refractivity contribution in [3.63, 3.8) is 0 Å². The first-order chi connectivity index (χ1) is 12.6. The summed E-state index contributed by atoms with van der Waals surface area (Å²) in [4.78, 5) is 13.3. The van der Waals surface area contributed by atoms with Crippen molar-refractivity contribution in [1.29, 1.82) is 0 Å². The van der Waals surface area contributed by atoms with Gasteiger partial charge in [0, 0.05) is 38.4 Å². The zero-order valence-corrected chi connectivity index (χ0v) is 14.8. The molecule has 1 fully saturated rings. The maximum atomic E-state index is 14.1. The van der Waals surface area contributed by atoms with Gasteiger partial charge in [-0.15, -0.1) is 0 Å². The van der Waals surface area contributed by atoms with Gasteiger partial charge in [-0.1, -0.05) is 6.07 Å². The molecule has 1 saturated heterocycles. The van der Waals surface area contributed by atoms with Crippen LogP contribution in [0.25, 0.3) is 11.1 Å². The van der Waals surface area contributed by atoms with Crippen LogP contribution in [0.15, 0.2) is 36.4 Å². The van der Waals surface area contributed by atoms with Crippen molar-refractivity contribution in [3.05, 3.63) is 47.8 Å². The minimum atomic E-state index is -0.315. The van der Waals surface area contributed by atoms with Crippen LogP contribution >= 0.6 is 0 Å². The SMILES string of the molecule is CN1CC(COc2cc(F)cc(-c3ccc4c(c3)CCO4)c2)CCC1=O. The molecule has 0 bridgehead atoms. The van der Waals surface area contributed by atoms with E-state index >= 15 is 0 Å². The number of nitrogens with zero attached hydrogens (tertiary/aromatic N) is 1. The van der Waals surface area contributed by atoms with E-state index in [0.29, 0.717) is 31.9 Å². The molecule has 26 heavy (non-hydrogen) atoms. The molecule has 4 rings (SSSR count). The summed E-state index contributed by atoms with van der Waals surface area (Å²) in [5, 5.41) is 0. The summed E-state index contributed by atoms with van der Waals surface area (Å²) in [7, 11) is 1.81. The quantitative estimate of drug-likeness (QED) is 0.840. The minimum absolute atomic E-state index is 0.176. The monoisotopic (exact) mass is 355 g/mol. The maximum absolute atomic E-state index is 14.1. The van der Waals surface area contributed by atoms with Crippen LogP contribution < -0.4 is 9.47 Å². The second-order valence-electron chi connectivity index (χ2n) is 7.09. The number of fused-ring (bicyclic) bond motifs is 1. The maximum Gasteiger partial charge on any atom is 0.222 e. The Labute approximate surface area is 152 Å². The number of carbonyl (C=O) groups is 1. The summed E-state index contributed by atoms with van der Waals surface area (Å²) < 4.78 is 25.5. The molecular weight excluding hydrogens is 333 g/mol. The predicted octanol–water partition coefficient (Wildman–Crippen LogP) is 3.67. The van der Waals surface area contributed by atoms with E-state index in [1.165, 1.54) is 12.1 Å². The number of rotatable bonds is 4. The van der Waals surface area contributed by atoms with E-state index in [9.17, 15) is 9.18 Å². The van der Waals surface area contributed by atoms with E-state index in [-0.39, 0.29) is 17.6 Å². The third-order valence-electron chi connectivity index (χ3n) is 5.10. The number of piperidine rings is 1. The third-order valence-corrected chi connectivity index (χ3v) is 5.10. The molecule has 136 valence electrons. The molecule has 0 N–H and O–H groups in total. The summed E-state index contributed by atoms with van der Waals surface area (Å²) in [5.74, 6) is 1.58.